The van der Waals surface area contributed by atoms with Crippen LogP contribution in [-0.2, 0) is 0 Å². The Morgan fingerprint density at radius 1 is 1.86 bits per heavy atom. The molecule has 0 aromatic rings. The normalized spacial score (nSPS) is 19.1. The molecule has 0 bridgehead atoms. The third kappa shape index (κ3) is 0.924. The number of hydrogen-bond acceptors (Lipinski definition) is 2. The highest BCUT2D eigenvalue weighted by Crippen LogP contribution is 2.13. The van der Waals surface area contributed by atoms with E-state index in [-0.39, 0.29) is 0 Å². The first-order chi connectivity index (χ1) is 3.30. The summed E-state index contributed by atoms with van der Waals surface area (Å²) in [6.45, 7) is 0.598. The van der Waals surface area contributed by atoms with Crippen molar-refractivity contribution in [2.75, 3.05) is 6.67 Å². The van der Waals surface area contributed by atoms with E-state index in [0.717, 1.165) is 0 Å². The van der Waals surface area contributed by atoms with Crippen LogP contribution in [0.3, 0.4) is 0 Å². The second-order valence-electron chi connectivity index (χ2n) is 1.19. The van der Waals surface area contributed by atoms with Gasteiger partial charge in [0.2, 0.25) is 0 Å². The van der Waals surface area contributed by atoms with Crippen molar-refractivity contribution in [1.29, 1.82) is 0 Å². The van der Waals surface area contributed by atoms with Gasteiger partial charge in [-0.2, -0.15) is 0 Å². The summed E-state index contributed by atoms with van der Waals surface area (Å²) in [4.78, 5) is 0. The van der Waals surface area contributed by atoms with Gasteiger partial charge in [0.1, 0.15) is 11.8 Å². The monoisotopic (exact) mass is 138 g/mol. The Labute approximate surface area is 51.8 Å². The molecule has 0 radical (unpaired) electrons. The van der Waals surface area contributed by atoms with Crippen LogP contribution in [0, 0.1) is 0 Å². The molecule has 0 fully saturated rings. The fourth-order valence-electron chi connectivity index (χ4n) is 0.356. The maximum Gasteiger partial charge on any atom is 0.136 e. The Kier molecular flexibility index (Phi) is 1.30. The fourth-order valence-corrected chi connectivity index (χ4v) is 0.610. The first-order valence-electron chi connectivity index (χ1n) is 1.83. The van der Waals surface area contributed by atoms with Gasteiger partial charge in [0, 0.05) is 18.0 Å². The minimum Gasteiger partial charge on any atom is -0.370 e. The van der Waals surface area contributed by atoms with Crippen LogP contribution in [-0.4, -0.2) is 11.1 Å². The summed E-state index contributed by atoms with van der Waals surface area (Å²) in [6, 6.07) is 0. The maximum absolute atomic E-state index is 5.46. The summed E-state index contributed by atoms with van der Waals surface area (Å²) in [5, 5.41) is 3.36. The quantitative estimate of drug-likeness (QED) is 0.398. The van der Waals surface area contributed by atoms with Crippen molar-refractivity contribution < 1.29 is 0 Å². The number of hydrogen-bond donors (Lipinski definition) is 1. The SMILES string of the molecule is ClC1=CNCN1Cl. The summed E-state index contributed by atoms with van der Waals surface area (Å²) in [5.41, 5.74) is 0. The topological polar surface area (TPSA) is 15.3 Å². The van der Waals surface area contributed by atoms with E-state index < -0.39 is 0 Å². The molecule has 4 heteroatoms. The zero-order valence-electron chi connectivity index (χ0n) is 3.49. The number of halogens is 2. The second kappa shape index (κ2) is 1.80. The summed E-state index contributed by atoms with van der Waals surface area (Å²) in [5.74, 6) is 0. The van der Waals surface area contributed by atoms with Crippen molar-refractivity contribution >= 4 is 23.4 Å². The van der Waals surface area contributed by atoms with Gasteiger partial charge in [0.15, 0.2) is 0 Å². The van der Waals surface area contributed by atoms with Crippen LogP contribution in [0.1, 0.15) is 0 Å². The predicted octanol–water partition coefficient (Wildman–Crippen LogP) is 1.04. The molecule has 0 unspecified atom stereocenters. The molecule has 40 valence electrons. The lowest BCUT2D eigenvalue weighted by Crippen LogP contribution is -2.11. The van der Waals surface area contributed by atoms with Crippen LogP contribution in [0.25, 0.3) is 0 Å². The van der Waals surface area contributed by atoms with Crippen molar-refractivity contribution in [2.45, 2.75) is 0 Å². The molecule has 0 aromatic heterocycles. The van der Waals surface area contributed by atoms with Crippen LogP contribution in [0.4, 0.5) is 0 Å². The molecule has 1 aliphatic heterocycles. The van der Waals surface area contributed by atoms with E-state index >= 15 is 0 Å². The molecular formula is C3H4Cl2N2. The molecule has 0 spiro atoms. The summed E-state index contributed by atoms with van der Waals surface area (Å²) >= 11 is 10.9. The highest BCUT2D eigenvalue weighted by molar-refractivity contribution is 6.33. The third-order valence-electron chi connectivity index (χ3n) is 0.683. The zero-order chi connectivity index (χ0) is 5.28. The summed E-state index contributed by atoms with van der Waals surface area (Å²) in [7, 11) is 0. The molecule has 0 saturated heterocycles. The van der Waals surface area contributed by atoms with Crippen LogP contribution in [0.2, 0.25) is 0 Å². The van der Waals surface area contributed by atoms with Crippen LogP contribution >= 0.6 is 23.4 Å². The molecule has 0 amide bonds. The lowest BCUT2D eigenvalue weighted by molar-refractivity contribution is 0.605. The van der Waals surface area contributed by atoms with Crippen molar-refractivity contribution in [3.63, 3.8) is 0 Å². The molecule has 2 nitrogen and oxygen atoms in total. The Hall–Kier alpha value is -0.0800. The van der Waals surface area contributed by atoms with Gasteiger partial charge < -0.3 is 5.32 Å². The summed E-state index contributed by atoms with van der Waals surface area (Å²) < 4.78 is 1.39. The molecule has 0 aromatic carbocycles. The van der Waals surface area contributed by atoms with Gasteiger partial charge in [0.05, 0.1) is 0 Å². The average Bonchev–Trinajstić information content (AvgIpc) is 1.91. The van der Waals surface area contributed by atoms with Crippen LogP contribution in [0.5, 0.6) is 0 Å². The molecule has 1 aliphatic rings. The molecule has 0 atom stereocenters. The van der Waals surface area contributed by atoms with Crippen LogP contribution < -0.4 is 5.32 Å². The first-order valence-corrected chi connectivity index (χ1v) is 2.54. The zero-order valence-corrected chi connectivity index (χ0v) is 5.00. The van der Waals surface area contributed by atoms with Gasteiger partial charge >= 0.3 is 0 Å². The maximum atomic E-state index is 5.46. The standard InChI is InChI=1S/C3H4Cl2N2/c4-3-1-6-2-7(3)5/h1,6H,2H2. The lowest BCUT2D eigenvalue weighted by atomic mass is 11.0. The Bertz CT molecular complexity index is 101. The van der Waals surface area contributed by atoms with E-state index in [1.165, 1.54) is 4.42 Å². The molecule has 0 saturated carbocycles. The van der Waals surface area contributed by atoms with E-state index in [4.69, 9.17) is 23.4 Å². The van der Waals surface area contributed by atoms with Gasteiger partial charge in [-0.25, -0.2) is 0 Å². The Morgan fingerprint density at radius 3 is 2.71 bits per heavy atom. The smallest absolute Gasteiger partial charge is 0.136 e. The van der Waals surface area contributed by atoms with Gasteiger partial charge in [-0.15, -0.1) is 0 Å². The molecule has 1 heterocycles. The molecule has 1 N–H and O–H groups in total. The van der Waals surface area contributed by atoms with E-state index in [1.54, 1.807) is 6.20 Å². The molecule has 0 aliphatic carbocycles. The largest absolute Gasteiger partial charge is 0.370 e. The number of nitrogens with zero attached hydrogens (tertiary/aromatic N) is 1. The van der Waals surface area contributed by atoms with Crippen molar-refractivity contribution in [2.24, 2.45) is 0 Å². The van der Waals surface area contributed by atoms with Crippen LogP contribution in [0.15, 0.2) is 11.4 Å². The Balaban J connectivity index is 2.54. The molecular weight excluding hydrogens is 135 g/mol. The molecule has 1 rings (SSSR count). The highest BCUT2D eigenvalue weighted by Gasteiger charge is 2.06. The minimum atomic E-state index is 0.543. The van der Waals surface area contributed by atoms with Gasteiger partial charge in [-0.05, 0) is 0 Å². The highest BCUT2D eigenvalue weighted by atomic mass is 35.5. The minimum absolute atomic E-state index is 0.543. The summed E-state index contributed by atoms with van der Waals surface area (Å²) in [6.07, 6.45) is 1.65. The Morgan fingerprint density at radius 2 is 2.57 bits per heavy atom. The number of rotatable bonds is 0. The third-order valence-corrected chi connectivity index (χ3v) is 1.38. The van der Waals surface area contributed by atoms with E-state index in [9.17, 15) is 0 Å². The van der Waals surface area contributed by atoms with E-state index in [1.807, 2.05) is 0 Å². The second-order valence-corrected chi connectivity index (χ2v) is 1.99. The van der Waals surface area contributed by atoms with Gasteiger partial charge in [-0.3, -0.25) is 4.42 Å². The van der Waals surface area contributed by atoms with Crippen molar-refractivity contribution in [3.05, 3.63) is 11.4 Å². The average molecular weight is 139 g/mol. The van der Waals surface area contributed by atoms with Crippen molar-refractivity contribution in [3.8, 4) is 0 Å². The van der Waals surface area contributed by atoms with Gasteiger partial charge in [-0.1, -0.05) is 11.6 Å². The number of nitrogens with one attached hydrogen (secondary N) is 1. The first kappa shape index (κ1) is 5.06. The van der Waals surface area contributed by atoms with Crippen molar-refractivity contribution in [1.82, 2.24) is 9.74 Å². The van der Waals surface area contributed by atoms with E-state index in [0.29, 0.717) is 11.8 Å². The predicted molar refractivity (Wildman–Crippen MR) is 29.6 cm³/mol. The fraction of sp³-hybridized carbons (Fsp3) is 0.333. The molecule has 7 heavy (non-hydrogen) atoms. The lowest BCUT2D eigenvalue weighted by Gasteiger charge is -2.02. The van der Waals surface area contributed by atoms with Gasteiger partial charge in [0.25, 0.3) is 0 Å². The van der Waals surface area contributed by atoms with E-state index in [2.05, 4.69) is 5.32 Å².